The molecule has 34 heavy (non-hydrogen) atoms. The minimum absolute atomic E-state index is 0.0649. The number of nitrogens with zero attached hydrogens (tertiary/aromatic N) is 1. The minimum atomic E-state index is -0.395. The fourth-order valence-corrected chi connectivity index (χ4v) is 4.52. The number of ether oxygens (including phenoxy) is 2. The topological polar surface area (TPSA) is 97.0 Å². The van der Waals surface area contributed by atoms with E-state index in [1.54, 1.807) is 47.4 Å². The molecule has 2 aromatic rings. The zero-order valence-corrected chi connectivity index (χ0v) is 19.9. The van der Waals surface area contributed by atoms with Gasteiger partial charge in [0.2, 0.25) is 11.8 Å². The molecule has 0 bridgehead atoms. The Morgan fingerprint density at radius 1 is 1.12 bits per heavy atom. The van der Waals surface area contributed by atoms with E-state index in [1.165, 1.54) is 0 Å². The molecule has 180 valence electrons. The highest BCUT2D eigenvalue weighted by atomic mass is 35.5. The van der Waals surface area contributed by atoms with Gasteiger partial charge < -0.3 is 25.0 Å². The average Bonchev–Trinajstić information content (AvgIpc) is 3.45. The van der Waals surface area contributed by atoms with Gasteiger partial charge in [0.1, 0.15) is 5.75 Å². The highest BCUT2D eigenvalue weighted by Crippen LogP contribution is 2.27. The van der Waals surface area contributed by atoms with Crippen molar-refractivity contribution in [3.05, 3.63) is 52.5 Å². The predicted octanol–water partition coefficient (Wildman–Crippen LogP) is 3.66. The lowest BCUT2D eigenvalue weighted by Crippen LogP contribution is -2.37. The molecule has 2 aliphatic rings. The standard InChI is InChI=1S/C24H25Cl2N3O5/c25-16-9-17(26)11-18(10-16)28-22(30)14-34-20-5-3-19(4-6-20)29-13-15(8-23(29)31)24(32)27-12-21-2-1-7-33-21/h3-6,9-11,15,21H,1-2,7-8,12-14H2,(H,27,32)(H,28,30)/t15-,21-/m0/s1. The van der Waals surface area contributed by atoms with Gasteiger partial charge in [-0.2, -0.15) is 0 Å². The van der Waals surface area contributed by atoms with Crippen molar-refractivity contribution in [2.75, 3.05) is 36.5 Å². The van der Waals surface area contributed by atoms with Crippen LogP contribution in [0.4, 0.5) is 11.4 Å². The van der Waals surface area contributed by atoms with Crippen molar-refractivity contribution in [1.82, 2.24) is 5.32 Å². The van der Waals surface area contributed by atoms with Gasteiger partial charge in [-0.1, -0.05) is 23.2 Å². The number of carbonyl (C=O) groups is 3. The van der Waals surface area contributed by atoms with Gasteiger partial charge in [-0.25, -0.2) is 0 Å². The molecule has 4 rings (SSSR count). The maximum atomic E-state index is 12.5. The molecule has 0 radical (unpaired) electrons. The fourth-order valence-electron chi connectivity index (χ4n) is 3.99. The van der Waals surface area contributed by atoms with Crippen molar-refractivity contribution in [3.8, 4) is 5.75 Å². The summed E-state index contributed by atoms with van der Waals surface area (Å²) in [5.41, 5.74) is 1.15. The summed E-state index contributed by atoms with van der Waals surface area (Å²) < 4.78 is 11.1. The van der Waals surface area contributed by atoms with Crippen LogP contribution in [-0.4, -0.2) is 50.1 Å². The van der Waals surface area contributed by atoms with Crippen molar-refractivity contribution < 1.29 is 23.9 Å². The van der Waals surface area contributed by atoms with Gasteiger partial charge in [0.15, 0.2) is 6.61 Å². The Labute approximate surface area is 207 Å². The number of halogens is 2. The van der Waals surface area contributed by atoms with E-state index in [2.05, 4.69) is 10.6 Å². The van der Waals surface area contributed by atoms with Crippen molar-refractivity contribution in [1.29, 1.82) is 0 Å². The Balaban J connectivity index is 1.26. The lowest BCUT2D eigenvalue weighted by molar-refractivity contribution is -0.126. The zero-order chi connectivity index (χ0) is 24.1. The number of hydrogen-bond acceptors (Lipinski definition) is 5. The Bertz CT molecular complexity index is 1040. The smallest absolute Gasteiger partial charge is 0.262 e. The highest BCUT2D eigenvalue weighted by molar-refractivity contribution is 6.35. The number of amides is 3. The number of anilines is 2. The van der Waals surface area contributed by atoms with E-state index < -0.39 is 5.92 Å². The quantitative estimate of drug-likeness (QED) is 0.570. The van der Waals surface area contributed by atoms with Gasteiger partial charge in [0.05, 0.1) is 12.0 Å². The molecule has 2 atom stereocenters. The summed E-state index contributed by atoms with van der Waals surface area (Å²) in [7, 11) is 0. The molecule has 2 N–H and O–H groups in total. The maximum absolute atomic E-state index is 12.5. The summed E-state index contributed by atoms with van der Waals surface area (Å²) in [6.45, 7) is 1.32. The van der Waals surface area contributed by atoms with Gasteiger partial charge >= 0.3 is 0 Å². The summed E-state index contributed by atoms with van der Waals surface area (Å²) in [6.07, 6.45) is 2.19. The lowest BCUT2D eigenvalue weighted by atomic mass is 10.1. The van der Waals surface area contributed by atoms with Crippen LogP contribution in [-0.2, 0) is 19.1 Å². The molecular formula is C24H25Cl2N3O5. The van der Waals surface area contributed by atoms with E-state index in [9.17, 15) is 14.4 Å². The first-order chi connectivity index (χ1) is 16.4. The summed E-state index contributed by atoms with van der Waals surface area (Å²) in [5.74, 6) is -0.521. The Morgan fingerprint density at radius 3 is 2.53 bits per heavy atom. The van der Waals surface area contributed by atoms with Gasteiger partial charge in [0, 0.05) is 47.5 Å². The van der Waals surface area contributed by atoms with Crippen LogP contribution < -0.4 is 20.3 Å². The molecule has 2 aromatic carbocycles. The molecule has 0 unspecified atom stereocenters. The van der Waals surface area contributed by atoms with Gasteiger partial charge in [0.25, 0.3) is 5.91 Å². The van der Waals surface area contributed by atoms with Crippen LogP contribution in [0.15, 0.2) is 42.5 Å². The second kappa shape index (κ2) is 11.1. The molecule has 2 heterocycles. The Morgan fingerprint density at radius 2 is 1.85 bits per heavy atom. The maximum Gasteiger partial charge on any atom is 0.262 e. The molecule has 10 heteroatoms. The molecule has 2 aliphatic heterocycles. The molecule has 0 aromatic heterocycles. The minimum Gasteiger partial charge on any atom is -0.484 e. The van der Waals surface area contributed by atoms with Crippen LogP contribution in [0.2, 0.25) is 10.0 Å². The number of rotatable bonds is 8. The second-order valence-corrected chi connectivity index (χ2v) is 9.15. The summed E-state index contributed by atoms with van der Waals surface area (Å²) in [5, 5.41) is 6.40. The molecule has 0 spiro atoms. The highest BCUT2D eigenvalue weighted by Gasteiger charge is 2.35. The van der Waals surface area contributed by atoms with E-state index in [1.807, 2.05) is 0 Å². The third-order valence-corrected chi connectivity index (χ3v) is 6.12. The molecule has 8 nitrogen and oxygen atoms in total. The first-order valence-electron chi connectivity index (χ1n) is 11.1. The van der Waals surface area contributed by atoms with Crippen LogP contribution in [0.5, 0.6) is 5.75 Å². The van der Waals surface area contributed by atoms with E-state index >= 15 is 0 Å². The first-order valence-corrected chi connectivity index (χ1v) is 11.8. The molecule has 3 amide bonds. The molecular weight excluding hydrogens is 481 g/mol. The zero-order valence-electron chi connectivity index (χ0n) is 18.4. The van der Waals surface area contributed by atoms with E-state index in [4.69, 9.17) is 32.7 Å². The van der Waals surface area contributed by atoms with E-state index in [0.29, 0.717) is 40.3 Å². The first kappa shape index (κ1) is 24.3. The second-order valence-electron chi connectivity index (χ2n) is 8.27. The summed E-state index contributed by atoms with van der Waals surface area (Å²) in [4.78, 5) is 38.7. The Kier molecular flexibility index (Phi) is 7.92. The number of nitrogens with one attached hydrogen (secondary N) is 2. The summed E-state index contributed by atoms with van der Waals surface area (Å²) >= 11 is 11.9. The SMILES string of the molecule is O=C(COc1ccc(N2C[C@@H](C(=O)NC[C@@H]3CCCO3)CC2=O)cc1)Nc1cc(Cl)cc(Cl)c1. The molecule has 0 saturated carbocycles. The number of carbonyl (C=O) groups excluding carboxylic acids is 3. The van der Waals surface area contributed by atoms with Crippen LogP contribution >= 0.6 is 23.2 Å². The third kappa shape index (κ3) is 6.40. The van der Waals surface area contributed by atoms with Crippen LogP contribution in [0, 0.1) is 5.92 Å². The van der Waals surface area contributed by atoms with Crippen molar-refractivity contribution in [3.63, 3.8) is 0 Å². The largest absolute Gasteiger partial charge is 0.484 e. The van der Waals surface area contributed by atoms with E-state index in [0.717, 1.165) is 19.4 Å². The van der Waals surface area contributed by atoms with Crippen molar-refractivity contribution in [2.45, 2.75) is 25.4 Å². The normalized spacial score (nSPS) is 19.8. The van der Waals surface area contributed by atoms with Gasteiger partial charge in [-0.05, 0) is 55.3 Å². The van der Waals surface area contributed by atoms with Crippen LogP contribution in [0.1, 0.15) is 19.3 Å². The lowest BCUT2D eigenvalue weighted by Gasteiger charge is -2.18. The molecule has 0 aliphatic carbocycles. The van der Waals surface area contributed by atoms with Crippen LogP contribution in [0.25, 0.3) is 0 Å². The van der Waals surface area contributed by atoms with Crippen molar-refractivity contribution in [2.24, 2.45) is 5.92 Å². The van der Waals surface area contributed by atoms with Gasteiger partial charge in [-0.15, -0.1) is 0 Å². The number of hydrogen-bond donors (Lipinski definition) is 2. The monoisotopic (exact) mass is 505 g/mol. The molecule has 2 fully saturated rings. The average molecular weight is 506 g/mol. The van der Waals surface area contributed by atoms with Crippen molar-refractivity contribution >= 4 is 52.3 Å². The van der Waals surface area contributed by atoms with E-state index in [-0.39, 0.29) is 36.9 Å². The summed E-state index contributed by atoms with van der Waals surface area (Å²) in [6, 6.07) is 11.6. The Hall–Kier alpha value is -2.81. The predicted molar refractivity (Wildman–Crippen MR) is 129 cm³/mol. The van der Waals surface area contributed by atoms with Crippen LogP contribution in [0.3, 0.4) is 0 Å². The van der Waals surface area contributed by atoms with Gasteiger partial charge in [-0.3, -0.25) is 14.4 Å². The molecule has 2 saturated heterocycles. The number of benzene rings is 2. The third-order valence-electron chi connectivity index (χ3n) is 5.69. The fraction of sp³-hybridized carbons (Fsp3) is 0.375.